The number of benzene rings is 1. The van der Waals surface area contributed by atoms with E-state index in [0.29, 0.717) is 0 Å². The quantitative estimate of drug-likeness (QED) is 0.689. The number of aliphatic carboxylic acids is 1. The van der Waals surface area contributed by atoms with E-state index in [0.717, 1.165) is 12.1 Å². The van der Waals surface area contributed by atoms with E-state index in [1.807, 2.05) is 0 Å². The SMILES string of the molecule is COc1cc(F)ccc1C(O)C(N)C(=O)O. The predicted octanol–water partition coefficient (Wildman–Crippen LogP) is 0.280. The van der Waals surface area contributed by atoms with Crippen LogP contribution in [0.25, 0.3) is 0 Å². The average molecular weight is 229 g/mol. The number of hydrogen-bond donors (Lipinski definition) is 3. The monoisotopic (exact) mass is 229 g/mol. The van der Waals surface area contributed by atoms with Gasteiger partial charge in [0.05, 0.1) is 7.11 Å². The Morgan fingerprint density at radius 2 is 2.19 bits per heavy atom. The number of hydrogen-bond acceptors (Lipinski definition) is 4. The summed E-state index contributed by atoms with van der Waals surface area (Å²) in [6, 6.07) is 1.89. The molecule has 88 valence electrons. The molecule has 2 atom stereocenters. The van der Waals surface area contributed by atoms with Crippen molar-refractivity contribution in [2.45, 2.75) is 12.1 Å². The minimum atomic E-state index is -1.49. The largest absolute Gasteiger partial charge is 0.496 e. The molecular weight excluding hydrogens is 217 g/mol. The van der Waals surface area contributed by atoms with Gasteiger partial charge in [-0.15, -0.1) is 0 Å². The van der Waals surface area contributed by atoms with Crippen molar-refractivity contribution in [3.8, 4) is 5.75 Å². The summed E-state index contributed by atoms with van der Waals surface area (Å²) in [6.45, 7) is 0. The van der Waals surface area contributed by atoms with E-state index in [1.165, 1.54) is 13.2 Å². The normalized spacial score (nSPS) is 14.2. The fourth-order valence-electron chi connectivity index (χ4n) is 1.26. The van der Waals surface area contributed by atoms with E-state index in [2.05, 4.69) is 0 Å². The van der Waals surface area contributed by atoms with Crippen LogP contribution in [0, 0.1) is 5.82 Å². The zero-order chi connectivity index (χ0) is 12.3. The second-order valence-electron chi connectivity index (χ2n) is 3.20. The highest BCUT2D eigenvalue weighted by Gasteiger charge is 2.26. The molecule has 0 amide bonds. The Labute approximate surface area is 91.3 Å². The van der Waals surface area contributed by atoms with Crippen LogP contribution in [0.15, 0.2) is 18.2 Å². The molecule has 0 bridgehead atoms. The number of ether oxygens (including phenoxy) is 1. The van der Waals surface area contributed by atoms with Crippen LogP contribution < -0.4 is 10.5 Å². The van der Waals surface area contributed by atoms with Gasteiger partial charge in [-0.3, -0.25) is 4.79 Å². The van der Waals surface area contributed by atoms with Gasteiger partial charge < -0.3 is 20.7 Å². The minimum Gasteiger partial charge on any atom is -0.496 e. The second-order valence-corrected chi connectivity index (χ2v) is 3.20. The van der Waals surface area contributed by atoms with Crippen molar-refractivity contribution in [1.82, 2.24) is 0 Å². The first-order valence-electron chi connectivity index (χ1n) is 4.47. The molecule has 0 fully saturated rings. The van der Waals surface area contributed by atoms with Crippen LogP contribution in [-0.2, 0) is 4.79 Å². The van der Waals surface area contributed by atoms with Crippen molar-refractivity contribution in [2.75, 3.05) is 7.11 Å². The maximum Gasteiger partial charge on any atom is 0.323 e. The zero-order valence-electron chi connectivity index (χ0n) is 8.55. The Hall–Kier alpha value is -1.66. The van der Waals surface area contributed by atoms with Gasteiger partial charge in [0, 0.05) is 11.6 Å². The van der Waals surface area contributed by atoms with E-state index in [4.69, 9.17) is 15.6 Å². The summed E-state index contributed by atoms with van der Waals surface area (Å²) in [5.74, 6) is -1.83. The summed E-state index contributed by atoms with van der Waals surface area (Å²) < 4.78 is 17.7. The minimum absolute atomic E-state index is 0.0594. The first kappa shape index (κ1) is 12.4. The van der Waals surface area contributed by atoms with Crippen molar-refractivity contribution in [1.29, 1.82) is 0 Å². The number of methoxy groups -OCH3 is 1. The van der Waals surface area contributed by atoms with Crippen LogP contribution in [0.2, 0.25) is 0 Å². The molecule has 0 spiro atoms. The van der Waals surface area contributed by atoms with Gasteiger partial charge in [0.2, 0.25) is 0 Å². The fraction of sp³-hybridized carbons (Fsp3) is 0.300. The highest BCUT2D eigenvalue weighted by atomic mass is 19.1. The molecule has 0 aliphatic rings. The molecule has 5 nitrogen and oxygen atoms in total. The Morgan fingerprint density at radius 3 is 2.69 bits per heavy atom. The summed E-state index contributed by atoms with van der Waals surface area (Å²) in [5.41, 5.74) is 5.39. The van der Waals surface area contributed by atoms with Crippen LogP contribution >= 0.6 is 0 Å². The highest BCUT2D eigenvalue weighted by molar-refractivity contribution is 5.74. The molecule has 0 saturated carbocycles. The number of aliphatic hydroxyl groups is 1. The number of carboxylic acids is 1. The van der Waals surface area contributed by atoms with Crippen LogP contribution in [0.4, 0.5) is 4.39 Å². The Balaban J connectivity index is 3.07. The molecule has 1 aromatic rings. The zero-order valence-corrected chi connectivity index (χ0v) is 8.55. The smallest absolute Gasteiger partial charge is 0.323 e. The van der Waals surface area contributed by atoms with E-state index < -0.39 is 23.9 Å². The molecule has 0 aliphatic carbocycles. The third-order valence-electron chi connectivity index (χ3n) is 2.14. The van der Waals surface area contributed by atoms with Crippen molar-refractivity contribution in [2.24, 2.45) is 5.73 Å². The lowest BCUT2D eigenvalue weighted by atomic mass is 10.0. The lowest BCUT2D eigenvalue weighted by molar-refractivity contribution is -0.141. The molecule has 6 heteroatoms. The van der Waals surface area contributed by atoms with Gasteiger partial charge in [-0.05, 0) is 12.1 Å². The van der Waals surface area contributed by atoms with Gasteiger partial charge in [-0.1, -0.05) is 0 Å². The molecule has 1 rings (SSSR count). The van der Waals surface area contributed by atoms with E-state index in [1.54, 1.807) is 0 Å². The van der Waals surface area contributed by atoms with Crippen molar-refractivity contribution < 1.29 is 24.1 Å². The lowest BCUT2D eigenvalue weighted by Crippen LogP contribution is -2.36. The fourth-order valence-corrected chi connectivity index (χ4v) is 1.26. The lowest BCUT2D eigenvalue weighted by Gasteiger charge is -2.17. The van der Waals surface area contributed by atoms with Crippen molar-refractivity contribution in [3.05, 3.63) is 29.6 Å². The molecule has 0 aliphatic heterocycles. The summed E-state index contributed by atoms with van der Waals surface area (Å²) in [7, 11) is 1.29. The standard InChI is InChI=1S/C10H12FNO4/c1-16-7-4-5(11)2-3-6(7)9(13)8(12)10(14)15/h2-4,8-9,13H,12H2,1H3,(H,14,15). The molecule has 0 radical (unpaired) electrons. The summed E-state index contributed by atoms with van der Waals surface area (Å²) >= 11 is 0. The van der Waals surface area contributed by atoms with Crippen molar-refractivity contribution in [3.63, 3.8) is 0 Å². The van der Waals surface area contributed by atoms with Gasteiger partial charge >= 0.3 is 5.97 Å². The molecular formula is C10H12FNO4. The molecule has 2 unspecified atom stereocenters. The number of aliphatic hydroxyl groups excluding tert-OH is 1. The first-order valence-corrected chi connectivity index (χ1v) is 4.47. The number of nitrogens with two attached hydrogens (primary N) is 1. The Morgan fingerprint density at radius 1 is 1.56 bits per heavy atom. The molecule has 0 saturated heterocycles. The summed E-state index contributed by atoms with van der Waals surface area (Å²) in [4.78, 5) is 10.6. The number of carbonyl (C=O) groups is 1. The molecule has 0 heterocycles. The molecule has 0 aromatic heterocycles. The van der Waals surface area contributed by atoms with E-state index >= 15 is 0 Å². The average Bonchev–Trinajstić information content (AvgIpc) is 2.26. The number of rotatable bonds is 4. The highest BCUT2D eigenvalue weighted by Crippen LogP contribution is 2.27. The van der Waals surface area contributed by atoms with Crippen LogP contribution in [0.5, 0.6) is 5.75 Å². The summed E-state index contributed by atoms with van der Waals surface area (Å²) in [5, 5.41) is 18.3. The van der Waals surface area contributed by atoms with Crippen LogP contribution in [0.1, 0.15) is 11.7 Å². The predicted molar refractivity (Wildman–Crippen MR) is 53.5 cm³/mol. The van der Waals surface area contributed by atoms with E-state index in [9.17, 15) is 14.3 Å². The van der Waals surface area contributed by atoms with Crippen LogP contribution in [-0.4, -0.2) is 29.3 Å². The first-order chi connectivity index (χ1) is 7.47. The number of halogens is 1. The van der Waals surface area contributed by atoms with Gasteiger partial charge in [0.15, 0.2) is 0 Å². The molecule has 16 heavy (non-hydrogen) atoms. The van der Waals surface area contributed by atoms with E-state index in [-0.39, 0.29) is 11.3 Å². The maximum atomic E-state index is 12.8. The maximum absolute atomic E-state index is 12.8. The number of carboxylic acid groups (broad SMARTS) is 1. The second kappa shape index (κ2) is 4.91. The summed E-state index contributed by atoms with van der Waals surface area (Å²) in [6.07, 6.45) is -1.45. The van der Waals surface area contributed by atoms with Gasteiger partial charge in [0.1, 0.15) is 23.7 Å². The van der Waals surface area contributed by atoms with Crippen molar-refractivity contribution >= 4 is 5.97 Å². The molecule has 4 N–H and O–H groups in total. The Kier molecular flexibility index (Phi) is 3.81. The van der Waals surface area contributed by atoms with Gasteiger partial charge in [0.25, 0.3) is 0 Å². The van der Waals surface area contributed by atoms with Crippen LogP contribution in [0.3, 0.4) is 0 Å². The molecule has 1 aromatic carbocycles. The third-order valence-corrected chi connectivity index (χ3v) is 2.14. The van der Waals surface area contributed by atoms with Gasteiger partial charge in [-0.2, -0.15) is 0 Å². The Bertz CT molecular complexity index is 396. The topological polar surface area (TPSA) is 92.8 Å². The third kappa shape index (κ3) is 2.47. The van der Waals surface area contributed by atoms with Gasteiger partial charge in [-0.25, -0.2) is 4.39 Å².